The molecule has 0 spiro atoms. The average Bonchev–Trinajstić information content (AvgIpc) is 0.774. The second kappa shape index (κ2) is 47.7. The van der Waals surface area contributed by atoms with Crippen molar-refractivity contribution >= 4 is 21.6 Å². The van der Waals surface area contributed by atoms with Gasteiger partial charge in [0.1, 0.15) is 73.2 Å². The van der Waals surface area contributed by atoms with E-state index in [1.165, 1.54) is 61.8 Å². The van der Waals surface area contributed by atoms with Gasteiger partial charge in [-0.15, -0.1) is 0 Å². The van der Waals surface area contributed by atoms with Crippen LogP contribution in [0.15, 0.2) is 128 Å². The van der Waals surface area contributed by atoms with Gasteiger partial charge in [0.15, 0.2) is 18.9 Å². The van der Waals surface area contributed by atoms with Crippen molar-refractivity contribution in [1.29, 1.82) is 0 Å². The number of rotatable bonds is 45. The number of amides is 1. The number of carbonyl (C=O) groups excluding carboxylic acids is 1. The maximum atomic E-state index is 13.2. The number of phosphoric acid groups is 2. The molecule has 25 heteroatoms. The second-order valence-electron chi connectivity index (χ2n) is 27.6. The van der Waals surface area contributed by atoms with Crippen molar-refractivity contribution in [3.63, 3.8) is 0 Å². The van der Waals surface area contributed by atoms with Gasteiger partial charge in [0.2, 0.25) is 5.91 Å². The first kappa shape index (κ1) is 90.5. The third kappa shape index (κ3) is 35.4. The van der Waals surface area contributed by atoms with Gasteiger partial charge in [0.05, 0.1) is 26.4 Å². The van der Waals surface area contributed by atoms with Gasteiger partial charge in [-0.2, -0.15) is 0 Å². The van der Waals surface area contributed by atoms with Crippen LogP contribution in [0.25, 0.3) is 0 Å². The van der Waals surface area contributed by atoms with Crippen LogP contribution in [0.1, 0.15) is 218 Å². The molecule has 23 nitrogen and oxygen atoms in total. The van der Waals surface area contributed by atoms with Gasteiger partial charge in [-0.25, -0.2) is 4.31 Å². The summed E-state index contributed by atoms with van der Waals surface area (Å²) in [4.78, 5) is 38.6. The number of ether oxygens (including phenoxy) is 5. The summed E-state index contributed by atoms with van der Waals surface area (Å²) >= 11 is 0. The highest BCUT2D eigenvalue weighted by Gasteiger charge is 2.55. The molecule has 100 heavy (non-hydrogen) atoms. The monoisotopic (exact) mass is 1450 g/mol. The molecule has 3 aliphatic rings. The van der Waals surface area contributed by atoms with E-state index in [0.717, 1.165) is 128 Å². The summed E-state index contributed by atoms with van der Waals surface area (Å²) in [6.45, 7) is 23.5. The minimum Gasteiger partial charge on any atom is -0.756 e. The van der Waals surface area contributed by atoms with E-state index in [1.807, 2.05) is 6.92 Å². The quantitative estimate of drug-likeness (QED) is 0.0200. The first-order valence-electron chi connectivity index (χ1n) is 35.5. The van der Waals surface area contributed by atoms with E-state index in [4.69, 9.17) is 32.7 Å². The zero-order chi connectivity index (χ0) is 74.7. The van der Waals surface area contributed by atoms with Crippen LogP contribution in [0.4, 0.5) is 0 Å². The summed E-state index contributed by atoms with van der Waals surface area (Å²) < 4.78 is 67.8. The zero-order valence-corrected chi connectivity index (χ0v) is 63.5. The van der Waals surface area contributed by atoms with Crippen LogP contribution in [-0.4, -0.2) is 170 Å². The van der Waals surface area contributed by atoms with E-state index >= 15 is 0 Å². The fourth-order valence-corrected chi connectivity index (χ4v) is 13.6. The van der Waals surface area contributed by atoms with Gasteiger partial charge in [-0.1, -0.05) is 128 Å². The molecule has 0 aromatic heterocycles. The summed E-state index contributed by atoms with van der Waals surface area (Å²) in [6, 6.07) is -1.95. The van der Waals surface area contributed by atoms with Gasteiger partial charge >= 0.3 is 0 Å². The van der Waals surface area contributed by atoms with Crippen LogP contribution < -0.4 is 15.1 Å². The molecule has 3 saturated heterocycles. The van der Waals surface area contributed by atoms with Crippen molar-refractivity contribution in [2.75, 3.05) is 26.4 Å². The Labute approximate surface area is 596 Å². The lowest BCUT2D eigenvalue weighted by Crippen LogP contribution is -2.68. The minimum absolute atomic E-state index is 0.537. The van der Waals surface area contributed by atoms with Crippen molar-refractivity contribution in [3.8, 4) is 0 Å². The molecule has 17 atom stereocenters. The summed E-state index contributed by atoms with van der Waals surface area (Å²) in [5.41, 5.74) is 14.9. The highest BCUT2D eigenvalue weighted by Crippen LogP contribution is 2.57. The number of hydrogen-bond acceptors (Lipinski definition) is 22. The average molecular weight is 1450 g/mol. The SMILES string of the molecule is CC(=O)N[C@H]1[C@@H](OP(=O)([O-])OP(=O)([O-])OC/C=C(/C)CC/C=C(/C)CC/C=C(/C)CC/C=C(/C)CC/C=C(/C)CC/C=C(/C)CC/C=C(/C)CC/C=C(/C)CC/C=C(\C)CC/C=C(\C)CCC=C(C)C)O[C@H](CO)[C@@H](O)[C@@H]1O[C@H]1O[C@H](CO)[C@@H](O)[C@H](O[C@H]2O[C@H](CO)[C@@H](O)[C@H](O)[C@@H]2O)[C@@H]1O. The molecule has 0 saturated carbocycles. The number of phosphoric ester groups is 2. The smallest absolute Gasteiger partial charge is 0.276 e. The Morgan fingerprint density at radius 1 is 0.380 bits per heavy atom. The molecule has 3 heterocycles. The number of hydrogen-bond donors (Lipinski definition) is 10. The molecule has 2 unspecified atom stereocenters. The molecule has 0 radical (unpaired) electrons. The minimum atomic E-state index is -6.07. The Bertz CT molecular complexity index is 2920. The summed E-state index contributed by atoms with van der Waals surface area (Å²) in [6.07, 6.45) is 18.2. The van der Waals surface area contributed by atoms with Crippen LogP contribution in [0, 0.1) is 0 Å². The standard InChI is InChI=1S/C75H125NO22P2/c1-49(2)24-14-25-50(3)26-15-27-51(4)28-16-29-52(5)30-17-31-53(6)32-18-33-54(7)34-19-35-55(8)36-20-37-56(9)38-21-39-57(10)40-22-41-58(11)42-23-43-59(12)44-45-91-99(87,88)98-100(89,90)97-73-64(76-60(13)80)71(66(82)62(47-78)92-73)95-75-70(86)72(67(83)63(48-79)94-75)96-74-69(85)68(84)65(81)61(46-77)93-74/h24,26,28,30,32,34,36,38,40,42,44,61-75,77-79,81-86H,14-23,25,27,29,31,33,35,37,39,41,43,45-48H2,1-13H3,(H,76,80)(H,87,88)(H,89,90)/p-2/b50-26+,51-28+,52-30-,53-32-,54-34-,55-36-,56-38-,57-40-,58-42-,59-44-/t61-,62-,63-,64-,65-,66-,67-,68+,69+,70+,71-,72+,73-,74-,75-/m1/s1. The molecule has 3 aliphatic heterocycles. The lowest BCUT2D eigenvalue weighted by atomic mass is 9.95. The highest BCUT2D eigenvalue weighted by molar-refractivity contribution is 7.59. The predicted octanol–water partition coefficient (Wildman–Crippen LogP) is 10.8. The molecule has 0 aliphatic carbocycles. The first-order valence-corrected chi connectivity index (χ1v) is 38.4. The van der Waals surface area contributed by atoms with Crippen LogP contribution in [0.3, 0.4) is 0 Å². The number of aliphatic hydroxyl groups excluding tert-OH is 9. The van der Waals surface area contributed by atoms with Crippen molar-refractivity contribution < 1.29 is 107 Å². The Morgan fingerprint density at radius 2 is 0.670 bits per heavy atom. The molecule has 0 aromatic carbocycles. The van der Waals surface area contributed by atoms with Crippen molar-refractivity contribution in [1.82, 2.24) is 5.32 Å². The van der Waals surface area contributed by atoms with Gasteiger partial charge < -0.3 is 89.3 Å². The molecular weight excluding hydrogens is 1330 g/mol. The molecular formula is C75H123NO22P2-2. The summed E-state index contributed by atoms with van der Waals surface area (Å²) in [7, 11) is -11.8. The number of carbonyl (C=O) groups is 1. The maximum absolute atomic E-state index is 13.2. The molecule has 1 amide bonds. The second-order valence-corrected chi connectivity index (χ2v) is 30.5. The van der Waals surface area contributed by atoms with Crippen molar-refractivity contribution in [3.05, 3.63) is 128 Å². The van der Waals surface area contributed by atoms with E-state index < -0.39 is 140 Å². The predicted molar refractivity (Wildman–Crippen MR) is 383 cm³/mol. The van der Waals surface area contributed by atoms with E-state index in [2.05, 4.69) is 140 Å². The molecule has 0 bridgehead atoms. The molecule has 572 valence electrons. The number of nitrogens with one attached hydrogen (secondary N) is 1. The van der Waals surface area contributed by atoms with Crippen LogP contribution in [0.2, 0.25) is 0 Å². The lowest BCUT2D eigenvalue weighted by Gasteiger charge is -2.49. The van der Waals surface area contributed by atoms with Crippen molar-refractivity contribution in [2.45, 2.75) is 310 Å². The van der Waals surface area contributed by atoms with Gasteiger partial charge in [0.25, 0.3) is 15.6 Å². The van der Waals surface area contributed by atoms with E-state index in [0.29, 0.717) is 12.8 Å². The largest absolute Gasteiger partial charge is 0.756 e. The fraction of sp³-hybridized carbons (Fsp3) is 0.693. The van der Waals surface area contributed by atoms with E-state index in [9.17, 15) is 69.7 Å². The first-order chi connectivity index (χ1) is 47.2. The van der Waals surface area contributed by atoms with Gasteiger partial charge in [-0.05, 0) is 212 Å². The third-order valence-electron chi connectivity index (χ3n) is 17.9. The van der Waals surface area contributed by atoms with E-state index in [-0.39, 0.29) is 0 Å². The van der Waals surface area contributed by atoms with Gasteiger partial charge in [0, 0.05) is 6.92 Å². The molecule has 3 fully saturated rings. The highest BCUT2D eigenvalue weighted by atomic mass is 31.3. The normalized spacial score (nSPS) is 28.8. The van der Waals surface area contributed by atoms with Crippen molar-refractivity contribution in [2.24, 2.45) is 0 Å². The number of aliphatic hydroxyl groups is 9. The zero-order valence-electron chi connectivity index (χ0n) is 61.7. The van der Waals surface area contributed by atoms with Gasteiger partial charge in [-0.3, -0.25) is 18.4 Å². The van der Waals surface area contributed by atoms with Crippen LogP contribution in [-0.2, 0) is 51.0 Å². The Morgan fingerprint density at radius 3 is 1.00 bits per heavy atom. The molecule has 3 rings (SSSR count). The van der Waals surface area contributed by atoms with Crippen LogP contribution in [0.5, 0.6) is 0 Å². The number of allylic oxidation sites excluding steroid dienone is 21. The molecule has 10 N–H and O–H groups in total. The Balaban J connectivity index is 1.38. The summed E-state index contributed by atoms with van der Waals surface area (Å²) in [5, 5.41) is 96.7. The third-order valence-corrected chi connectivity index (χ3v) is 20.5. The van der Waals surface area contributed by atoms with Crippen LogP contribution >= 0.6 is 15.6 Å². The van der Waals surface area contributed by atoms with E-state index in [1.54, 1.807) is 6.92 Å². The molecule has 0 aromatic rings. The Hall–Kier alpha value is -3.69. The lowest BCUT2D eigenvalue weighted by molar-refractivity contribution is -0.373. The topological polar surface area (TPSA) is 365 Å². The summed E-state index contributed by atoms with van der Waals surface area (Å²) in [5.74, 6) is -0.923. The fourth-order valence-electron chi connectivity index (χ4n) is 11.6. The Kier molecular flexibility index (Phi) is 43.2. The maximum Gasteiger partial charge on any atom is 0.276 e.